The molecule has 1 aliphatic rings. The number of ether oxygens (including phenoxy) is 1. The second-order valence-electron chi connectivity index (χ2n) is 6.39. The molecular weight excluding hydrogens is 284 g/mol. The van der Waals surface area contributed by atoms with E-state index in [1.165, 1.54) is 22.3 Å². The summed E-state index contributed by atoms with van der Waals surface area (Å²) in [7, 11) is 0. The van der Waals surface area contributed by atoms with Crippen LogP contribution in [0.25, 0.3) is 17.2 Å². The van der Waals surface area contributed by atoms with Crippen molar-refractivity contribution in [1.82, 2.24) is 0 Å². The number of benzene rings is 2. The van der Waals surface area contributed by atoms with Gasteiger partial charge in [0.05, 0.1) is 13.0 Å². The quantitative estimate of drug-likeness (QED) is 0.746. The van der Waals surface area contributed by atoms with E-state index in [1.807, 2.05) is 19.1 Å². The van der Waals surface area contributed by atoms with E-state index in [4.69, 9.17) is 4.74 Å². The first-order valence-electron chi connectivity index (χ1n) is 8.10. The van der Waals surface area contributed by atoms with E-state index >= 15 is 0 Å². The van der Waals surface area contributed by atoms with Crippen LogP contribution in [0.2, 0.25) is 0 Å². The van der Waals surface area contributed by atoms with Crippen LogP contribution in [-0.4, -0.2) is 12.6 Å². The molecule has 118 valence electrons. The lowest BCUT2D eigenvalue weighted by atomic mass is 9.82. The lowest BCUT2D eigenvalue weighted by Crippen LogP contribution is -2.14. The number of carbonyl (C=O) groups is 1. The summed E-state index contributed by atoms with van der Waals surface area (Å²) in [6.07, 6.45) is 4.18. The maximum atomic E-state index is 11.4. The van der Waals surface area contributed by atoms with Gasteiger partial charge in [-0.3, -0.25) is 4.79 Å². The molecule has 0 saturated heterocycles. The van der Waals surface area contributed by atoms with Crippen LogP contribution in [0.1, 0.15) is 43.9 Å². The van der Waals surface area contributed by atoms with Gasteiger partial charge in [0.15, 0.2) is 0 Å². The largest absolute Gasteiger partial charge is 0.466 e. The van der Waals surface area contributed by atoms with Gasteiger partial charge in [0, 0.05) is 5.41 Å². The Morgan fingerprint density at radius 3 is 2.61 bits per heavy atom. The Bertz CT molecular complexity index is 769. The average molecular weight is 306 g/mol. The minimum absolute atomic E-state index is 0.0108. The summed E-state index contributed by atoms with van der Waals surface area (Å²) in [4.78, 5) is 11.4. The van der Waals surface area contributed by atoms with E-state index < -0.39 is 0 Å². The summed E-state index contributed by atoms with van der Waals surface area (Å²) in [6, 6.07) is 15.1. The molecule has 0 aromatic heterocycles. The van der Waals surface area contributed by atoms with Crippen molar-refractivity contribution < 1.29 is 9.53 Å². The molecule has 2 aromatic rings. The molecule has 23 heavy (non-hydrogen) atoms. The van der Waals surface area contributed by atoms with Crippen molar-refractivity contribution in [2.75, 3.05) is 6.61 Å². The van der Waals surface area contributed by atoms with E-state index in [-0.39, 0.29) is 11.4 Å². The lowest BCUT2D eigenvalue weighted by Gasteiger charge is -2.21. The van der Waals surface area contributed by atoms with Crippen LogP contribution >= 0.6 is 0 Å². The third-order valence-electron chi connectivity index (χ3n) is 4.51. The van der Waals surface area contributed by atoms with Crippen LogP contribution in [-0.2, 0) is 14.9 Å². The van der Waals surface area contributed by atoms with Gasteiger partial charge in [-0.25, -0.2) is 0 Å². The molecule has 0 spiro atoms. The van der Waals surface area contributed by atoms with Gasteiger partial charge in [0.2, 0.25) is 0 Å². The van der Waals surface area contributed by atoms with Gasteiger partial charge in [-0.1, -0.05) is 68.5 Å². The fraction of sp³-hybridized carbons (Fsp3) is 0.286. The first-order valence-corrected chi connectivity index (χ1v) is 8.10. The Morgan fingerprint density at radius 2 is 1.83 bits per heavy atom. The summed E-state index contributed by atoms with van der Waals surface area (Å²) in [6.45, 7) is 6.79. The summed E-state index contributed by atoms with van der Waals surface area (Å²) >= 11 is 0. The molecule has 0 unspecified atom stereocenters. The third kappa shape index (κ3) is 2.81. The Hall–Kier alpha value is -2.35. The summed E-state index contributed by atoms with van der Waals surface area (Å²) < 4.78 is 4.94. The molecule has 0 fully saturated rings. The van der Waals surface area contributed by atoms with Gasteiger partial charge in [-0.15, -0.1) is 0 Å². The summed E-state index contributed by atoms with van der Waals surface area (Å²) in [5.41, 5.74) is 6.49. The van der Waals surface area contributed by atoms with E-state index in [2.05, 4.69) is 56.3 Å². The maximum Gasteiger partial charge on any atom is 0.309 e. The molecule has 0 bridgehead atoms. The van der Waals surface area contributed by atoms with Crippen molar-refractivity contribution in [2.45, 2.75) is 32.6 Å². The molecule has 1 aliphatic carbocycles. The first kappa shape index (κ1) is 15.5. The smallest absolute Gasteiger partial charge is 0.309 e. The van der Waals surface area contributed by atoms with E-state index in [0.717, 1.165) is 5.56 Å². The number of hydrogen-bond donors (Lipinski definition) is 0. The highest BCUT2D eigenvalue weighted by Crippen LogP contribution is 2.48. The zero-order valence-corrected chi connectivity index (χ0v) is 13.9. The van der Waals surface area contributed by atoms with Crippen molar-refractivity contribution in [1.29, 1.82) is 0 Å². The van der Waals surface area contributed by atoms with Gasteiger partial charge in [-0.05, 0) is 34.7 Å². The standard InChI is InChI=1S/C21H22O2/c1-4-23-20(22)11-7-8-15-12-13-17-16-9-5-6-10-18(16)21(2,3)19(17)14-15/h5-10,12-14H,4,11H2,1-3H3. The lowest BCUT2D eigenvalue weighted by molar-refractivity contribution is -0.142. The van der Waals surface area contributed by atoms with Crippen LogP contribution < -0.4 is 0 Å². The number of carbonyl (C=O) groups excluding carboxylic acids is 1. The van der Waals surface area contributed by atoms with Crippen LogP contribution in [0.4, 0.5) is 0 Å². The molecule has 0 N–H and O–H groups in total. The van der Waals surface area contributed by atoms with Crippen LogP contribution in [0.3, 0.4) is 0 Å². The average Bonchev–Trinajstić information content (AvgIpc) is 2.76. The Kier molecular flexibility index (Phi) is 4.08. The summed E-state index contributed by atoms with van der Waals surface area (Å²) in [5, 5.41) is 0. The molecule has 2 aromatic carbocycles. The van der Waals surface area contributed by atoms with Crippen molar-refractivity contribution in [2.24, 2.45) is 0 Å². The number of hydrogen-bond acceptors (Lipinski definition) is 2. The number of esters is 1. The van der Waals surface area contributed by atoms with Crippen molar-refractivity contribution >= 4 is 12.0 Å². The first-order chi connectivity index (χ1) is 11.0. The second kappa shape index (κ2) is 6.04. The Labute approximate surface area is 137 Å². The van der Waals surface area contributed by atoms with Gasteiger partial charge in [0.1, 0.15) is 0 Å². The minimum Gasteiger partial charge on any atom is -0.466 e. The normalized spacial score (nSPS) is 14.6. The molecule has 0 atom stereocenters. The zero-order chi connectivity index (χ0) is 16.4. The van der Waals surface area contributed by atoms with Gasteiger partial charge >= 0.3 is 5.97 Å². The van der Waals surface area contributed by atoms with Gasteiger partial charge in [-0.2, -0.15) is 0 Å². The van der Waals surface area contributed by atoms with Crippen LogP contribution in [0.5, 0.6) is 0 Å². The molecule has 2 heteroatoms. The van der Waals surface area contributed by atoms with Crippen molar-refractivity contribution in [3.8, 4) is 11.1 Å². The molecule has 0 saturated carbocycles. The highest BCUT2D eigenvalue weighted by Gasteiger charge is 2.34. The second-order valence-corrected chi connectivity index (χ2v) is 6.39. The molecule has 2 nitrogen and oxygen atoms in total. The highest BCUT2D eigenvalue weighted by atomic mass is 16.5. The molecule has 3 rings (SSSR count). The van der Waals surface area contributed by atoms with Gasteiger partial charge < -0.3 is 4.74 Å². The van der Waals surface area contributed by atoms with Crippen LogP contribution in [0, 0.1) is 0 Å². The number of fused-ring (bicyclic) bond motifs is 3. The third-order valence-corrected chi connectivity index (χ3v) is 4.51. The fourth-order valence-electron chi connectivity index (χ4n) is 3.34. The topological polar surface area (TPSA) is 26.3 Å². The molecular formula is C21H22O2. The minimum atomic E-state index is -0.183. The van der Waals surface area contributed by atoms with Crippen molar-refractivity contribution in [3.05, 3.63) is 65.2 Å². The Morgan fingerprint density at radius 1 is 1.09 bits per heavy atom. The maximum absolute atomic E-state index is 11.4. The predicted octanol–water partition coefficient (Wildman–Crippen LogP) is 4.96. The zero-order valence-electron chi connectivity index (χ0n) is 13.9. The summed E-state index contributed by atoms with van der Waals surface area (Å²) in [5.74, 6) is -0.183. The van der Waals surface area contributed by atoms with Crippen molar-refractivity contribution in [3.63, 3.8) is 0 Å². The van der Waals surface area contributed by atoms with E-state index in [1.54, 1.807) is 0 Å². The number of rotatable bonds is 4. The SMILES string of the molecule is CCOC(=O)CC=Cc1ccc2c(c1)C(C)(C)c1ccccc1-2. The van der Waals surface area contributed by atoms with E-state index in [9.17, 15) is 4.79 Å². The van der Waals surface area contributed by atoms with E-state index in [0.29, 0.717) is 13.0 Å². The van der Waals surface area contributed by atoms with Gasteiger partial charge in [0.25, 0.3) is 0 Å². The molecule has 0 radical (unpaired) electrons. The fourth-order valence-corrected chi connectivity index (χ4v) is 3.34. The molecule has 0 heterocycles. The monoisotopic (exact) mass is 306 g/mol. The molecule has 0 amide bonds. The molecule has 0 aliphatic heterocycles. The Balaban J connectivity index is 1.88. The van der Waals surface area contributed by atoms with Crippen LogP contribution in [0.15, 0.2) is 48.5 Å². The predicted molar refractivity (Wildman–Crippen MR) is 94.3 cm³/mol. The highest BCUT2D eigenvalue weighted by molar-refractivity contribution is 5.82.